The summed E-state index contributed by atoms with van der Waals surface area (Å²) in [5.74, 6) is 1.73. The number of hydrogen-bond donors (Lipinski definition) is 2. The summed E-state index contributed by atoms with van der Waals surface area (Å²) in [6, 6.07) is 16.3. The smallest absolute Gasteiger partial charge is 0.191 e. The maximum atomic E-state index is 4.45. The van der Waals surface area contributed by atoms with Gasteiger partial charge < -0.3 is 15.2 Å². The Balaban J connectivity index is 0.00000261. The molecular formula is C20H25IN6. The fourth-order valence-corrected chi connectivity index (χ4v) is 2.67. The number of hydrogen-bond acceptors (Lipinski definition) is 3. The molecule has 6 nitrogen and oxygen atoms in total. The Morgan fingerprint density at radius 1 is 1.00 bits per heavy atom. The third-order valence-electron chi connectivity index (χ3n) is 4.03. The fourth-order valence-electron chi connectivity index (χ4n) is 2.67. The second-order valence-electron chi connectivity index (χ2n) is 5.88. The molecule has 2 aromatic heterocycles. The average molecular weight is 476 g/mol. The van der Waals surface area contributed by atoms with Gasteiger partial charge in [-0.15, -0.1) is 24.0 Å². The van der Waals surface area contributed by atoms with E-state index in [4.69, 9.17) is 0 Å². The van der Waals surface area contributed by atoms with Gasteiger partial charge in [0, 0.05) is 50.8 Å². The van der Waals surface area contributed by atoms with Crippen LogP contribution in [0.15, 0.2) is 72.1 Å². The number of guanidine groups is 1. The number of imidazole rings is 1. The first kappa shape index (κ1) is 20.9. The topological polar surface area (TPSA) is 67.1 Å². The van der Waals surface area contributed by atoms with Gasteiger partial charge in [0.2, 0.25) is 0 Å². The zero-order valence-electron chi connectivity index (χ0n) is 15.4. The maximum absolute atomic E-state index is 4.45. The van der Waals surface area contributed by atoms with Crippen molar-refractivity contribution in [3.8, 4) is 0 Å². The normalized spacial score (nSPS) is 10.9. The van der Waals surface area contributed by atoms with Crippen LogP contribution in [0.4, 0.5) is 0 Å². The molecule has 27 heavy (non-hydrogen) atoms. The fraction of sp³-hybridized carbons (Fsp3) is 0.250. The van der Waals surface area contributed by atoms with E-state index in [1.165, 1.54) is 5.56 Å². The van der Waals surface area contributed by atoms with Crippen molar-refractivity contribution in [1.29, 1.82) is 0 Å². The summed E-state index contributed by atoms with van der Waals surface area (Å²) in [5.41, 5.74) is 2.32. The molecule has 142 valence electrons. The quantitative estimate of drug-likeness (QED) is 0.313. The van der Waals surface area contributed by atoms with Gasteiger partial charge in [0.25, 0.3) is 0 Å². The Kier molecular flexibility index (Phi) is 8.76. The third kappa shape index (κ3) is 6.67. The number of aliphatic imine (C=N–C) groups is 1. The summed E-state index contributed by atoms with van der Waals surface area (Å²) < 4.78 is 2.14. The summed E-state index contributed by atoms with van der Waals surface area (Å²) in [7, 11) is 1.77. The molecule has 0 spiro atoms. The van der Waals surface area contributed by atoms with Crippen molar-refractivity contribution in [1.82, 2.24) is 25.2 Å². The molecule has 0 radical (unpaired) electrons. The first-order chi connectivity index (χ1) is 12.8. The lowest BCUT2D eigenvalue weighted by Gasteiger charge is -2.13. The minimum Gasteiger partial charge on any atom is -0.356 e. The lowest BCUT2D eigenvalue weighted by atomic mass is 10.2. The van der Waals surface area contributed by atoms with Gasteiger partial charge in [-0.1, -0.05) is 36.4 Å². The van der Waals surface area contributed by atoms with Crippen LogP contribution >= 0.6 is 24.0 Å². The number of halogens is 1. The Morgan fingerprint density at radius 3 is 2.56 bits per heavy atom. The predicted molar refractivity (Wildman–Crippen MR) is 119 cm³/mol. The first-order valence-electron chi connectivity index (χ1n) is 8.73. The summed E-state index contributed by atoms with van der Waals surface area (Å²) in [5, 5.41) is 6.63. The second kappa shape index (κ2) is 11.3. The van der Waals surface area contributed by atoms with Gasteiger partial charge in [-0.25, -0.2) is 4.98 Å². The van der Waals surface area contributed by atoms with Crippen molar-refractivity contribution < 1.29 is 0 Å². The summed E-state index contributed by atoms with van der Waals surface area (Å²) in [4.78, 5) is 13.0. The zero-order valence-corrected chi connectivity index (χ0v) is 17.7. The van der Waals surface area contributed by atoms with Crippen LogP contribution in [0.25, 0.3) is 0 Å². The number of nitrogens with one attached hydrogen (secondary N) is 2. The molecule has 0 bridgehead atoms. The summed E-state index contributed by atoms with van der Waals surface area (Å²) >= 11 is 0. The average Bonchev–Trinajstić information content (AvgIpc) is 3.13. The maximum Gasteiger partial charge on any atom is 0.191 e. The zero-order chi connectivity index (χ0) is 18.0. The van der Waals surface area contributed by atoms with Crippen molar-refractivity contribution in [3.05, 3.63) is 84.2 Å². The molecule has 1 aromatic carbocycles. The van der Waals surface area contributed by atoms with Gasteiger partial charge in [-0.05, 0) is 17.7 Å². The van der Waals surface area contributed by atoms with Gasteiger partial charge in [0.05, 0.1) is 6.54 Å². The Bertz CT molecular complexity index is 817. The molecule has 3 rings (SSSR count). The molecule has 0 aliphatic heterocycles. The second-order valence-corrected chi connectivity index (χ2v) is 5.88. The van der Waals surface area contributed by atoms with E-state index in [1.54, 1.807) is 7.05 Å². The van der Waals surface area contributed by atoms with Crippen molar-refractivity contribution in [2.45, 2.75) is 19.5 Å². The van der Waals surface area contributed by atoms with E-state index in [9.17, 15) is 0 Å². The minimum absolute atomic E-state index is 0. The molecule has 0 aliphatic carbocycles. The molecule has 0 amide bonds. The lowest BCUT2D eigenvalue weighted by molar-refractivity contribution is 0.686. The molecular weight excluding hydrogens is 451 g/mol. The highest BCUT2D eigenvalue weighted by atomic mass is 127. The number of rotatable bonds is 7. The molecule has 0 fully saturated rings. The molecule has 3 aromatic rings. The van der Waals surface area contributed by atoms with E-state index < -0.39 is 0 Å². The van der Waals surface area contributed by atoms with Gasteiger partial charge in [0.15, 0.2) is 5.96 Å². The van der Waals surface area contributed by atoms with Gasteiger partial charge in [-0.3, -0.25) is 9.98 Å². The monoisotopic (exact) mass is 476 g/mol. The highest BCUT2D eigenvalue weighted by Crippen LogP contribution is 2.05. The van der Waals surface area contributed by atoms with E-state index in [0.29, 0.717) is 6.54 Å². The summed E-state index contributed by atoms with van der Waals surface area (Å²) in [6.45, 7) is 2.20. The summed E-state index contributed by atoms with van der Waals surface area (Å²) in [6.07, 6.45) is 6.50. The largest absolute Gasteiger partial charge is 0.356 e. The highest BCUT2D eigenvalue weighted by Gasteiger charge is 2.05. The van der Waals surface area contributed by atoms with Crippen molar-refractivity contribution in [2.24, 2.45) is 4.99 Å². The predicted octanol–water partition coefficient (Wildman–Crippen LogP) is 2.85. The lowest BCUT2D eigenvalue weighted by Crippen LogP contribution is -2.38. The van der Waals surface area contributed by atoms with Gasteiger partial charge in [-0.2, -0.15) is 0 Å². The van der Waals surface area contributed by atoms with E-state index in [-0.39, 0.29) is 24.0 Å². The standard InChI is InChI=1S/C20H24N6.HI/c1-21-20(24-12-10-18-9-5-6-11-22-18)25-15-19-23-13-14-26(19)16-17-7-3-2-4-8-17;/h2-9,11,13-14H,10,12,15-16H2,1H3,(H2,21,24,25);1H. The van der Waals surface area contributed by atoms with Crippen molar-refractivity contribution in [2.75, 3.05) is 13.6 Å². The van der Waals surface area contributed by atoms with Crippen LogP contribution in [0.3, 0.4) is 0 Å². The van der Waals surface area contributed by atoms with Crippen LogP contribution < -0.4 is 10.6 Å². The third-order valence-corrected chi connectivity index (χ3v) is 4.03. The van der Waals surface area contributed by atoms with E-state index in [2.05, 4.69) is 54.4 Å². The SMILES string of the molecule is CN=C(NCCc1ccccn1)NCc1nccn1Cc1ccccc1.I. The van der Waals surface area contributed by atoms with Crippen molar-refractivity contribution >= 4 is 29.9 Å². The van der Waals surface area contributed by atoms with Gasteiger partial charge in [0.1, 0.15) is 5.82 Å². The van der Waals surface area contributed by atoms with Gasteiger partial charge >= 0.3 is 0 Å². The number of pyridine rings is 1. The molecule has 2 N–H and O–H groups in total. The molecule has 7 heteroatoms. The molecule has 0 saturated heterocycles. The Labute approximate surface area is 177 Å². The van der Waals surface area contributed by atoms with Crippen LogP contribution in [0.1, 0.15) is 17.1 Å². The minimum atomic E-state index is 0. The highest BCUT2D eigenvalue weighted by molar-refractivity contribution is 14.0. The van der Waals surface area contributed by atoms with Crippen LogP contribution in [0.5, 0.6) is 0 Å². The van der Waals surface area contributed by atoms with E-state index >= 15 is 0 Å². The van der Waals surface area contributed by atoms with Crippen molar-refractivity contribution in [3.63, 3.8) is 0 Å². The first-order valence-corrected chi connectivity index (χ1v) is 8.73. The van der Waals surface area contributed by atoms with Crippen LogP contribution in [0.2, 0.25) is 0 Å². The van der Waals surface area contributed by atoms with E-state index in [1.807, 2.05) is 42.9 Å². The Hall–Kier alpha value is -2.42. The molecule has 0 saturated carbocycles. The molecule has 2 heterocycles. The van der Waals surface area contributed by atoms with E-state index in [0.717, 1.165) is 37.0 Å². The van der Waals surface area contributed by atoms with Crippen LogP contribution in [-0.2, 0) is 19.5 Å². The number of nitrogens with zero attached hydrogens (tertiary/aromatic N) is 4. The molecule has 0 aliphatic rings. The number of benzene rings is 1. The molecule has 0 unspecified atom stereocenters. The Morgan fingerprint density at radius 2 is 1.81 bits per heavy atom. The van der Waals surface area contributed by atoms with Crippen LogP contribution in [0, 0.1) is 0 Å². The molecule has 0 atom stereocenters. The van der Waals surface area contributed by atoms with Crippen LogP contribution in [-0.4, -0.2) is 34.1 Å². The number of aromatic nitrogens is 3.